The fourth-order valence-corrected chi connectivity index (χ4v) is 3.24. The Balaban J connectivity index is 1.58. The number of furan rings is 1. The van der Waals surface area contributed by atoms with Crippen molar-refractivity contribution in [2.24, 2.45) is 0 Å². The number of amides is 1. The third-order valence-electron chi connectivity index (χ3n) is 4.76. The van der Waals surface area contributed by atoms with E-state index in [-0.39, 0.29) is 28.1 Å². The minimum atomic E-state index is -0.374. The van der Waals surface area contributed by atoms with Crippen molar-refractivity contribution in [3.8, 4) is 0 Å². The molecule has 2 heterocycles. The van der Waals surface area contributed by atoms with Gasteiger partial charge in [-0.1, -0.05) is 30.3 Å². The molecule has 7 heteroatoms. The number of hydrogen-bond acceptors (Lipinski definition) is 5. The Labute approximate surface area is 163 Å². The van der Waals surface area contributed by atoms with Gasteiger partial charge in [0.1, 0.15) is 11.1 Å². The van der Waals surface area contributed by atoms with Crippen molar-refractivity contribution in [3.05, 3.63) is 63.9 Å². The van der Waals surface area contributed by atoms with Crippen LogP contribution in [0.2, 0.25) is 0 Å². The second kappa shape index (κ2) is 8.84. The number of aryl methyl sites for hydroxylation is 1. The van der Waals surface area contributed by atoms with Crippen LogP contribution >= 0.6 is 0 Å². The number of aromatic nitrogens is 2. The van der Waals surface area contributed by atoms with E-state index in [1.165, 1.54) is 11.9 Å². The molecule has 3 aromatic rings. The molecule has 28 heavy (non-hydrogen) atoms. The van der Waals surface area contributed by atoms with E-state index in [9.17, 15) is 9.59 Å². The van der Waals surface area contributed by atoms with E-state index in [2.05, 4.69) is 46.2 Å². The van der Waals surface area contributed by atoms with Crippen LogP contribution in [0.5, 0.6) is 0 Å². The van der Waals surface area contributed by atoms with Gasteiger partial charge in [0, 0.05) is 25.7 Å². The number of carbonyl (C=O) groups excluding carboxylic acids is 1. The zero-order chi connectivity index (χ0) is 20.1. The highest BCUT2D eigenvalue weighted by atomic mass is 16.3. The fraction of sp³-hybridized carbons (Fsp3) is 0.381. The van der Waals surface area contributed by atoms with Gasteiger partial charge in [-0.25, -0.2) is 4.98 Å². The summed E-state index contributed by atoms with van der Waals surface area (Å²) in [7, 11) is 0. The molecule has 0 atom stereocenters. The van der Waals surface area contributed by atoms with Gasteiger partial charge < -0.3 is 14.7 Å². The van der Waals surface area contributed by atoms with Gasteiger partial charge in [0.25, 0.3) is 11.5 Å². The van der Waals surface area contributed by atoms with E-state index >= 15 is 0 Å². The van der Waals surface area contributed by atoms with Crippen molar-refractivity contribution >= 4 is 17.0 Å². The van der Waals surface area contributed by atoms with Crippen LogP contribution in [0.1, 0.15) is 41.9 Å². The van der Waals surface area contributed by atoms with Crippen molar-refractivity contribution in [3.63, 3.8) is 0 Å². The van der Waals surface area contributed by atoms with Crippen molar-refractivity contribution < 1.29 is 9.21 Å². The van der Waals surface area contributed by atoms with Gasteiger partial charge in [0.15, 0.2) is 0 Å². The zero-order valence-corrected chi connectivity index (χ0v) is 16.5. The molecule has 0 aliphatic heterocycles. The Morgan fingerprint density at radius 2 is 2.04 bits per heavy atom. The highest BCUT2D eigenvalue weighted by Gasteiger charge is 2.21. The van der Waals surface area contributed by atoms with Gasteiger partial charge in [-0.05, 0) is 32.8 Å². The molecular formula is C21H26N4O3. The summed E-state index contributed by atoms with van der Waals surface area (Å²) in [4.78, 5) is 33.5. The molecule has 148 valence electrons. The molecule has 1 amide bonds. The Morgan fingerprint density at radius 1 is 1.29 bits per heavy atom. The summed E-state index contributed by atoms with van der Waals surface area (Å²) in [6.07, 6.45) is 2.07. The number of benzene rings is 1. The molecule has 0 radical (unpaired) electrons. The normalized spacial score (nSPS) is 11.5. The van der Waals surface area contributed by atoms with Crippen LogP contribution in [0.3, 0.4) is 0 Å². The van der Waals surface area contributed by atoms with Crippen LogP contribution in [0.15, 0.2) is 45.9 Å². The Hall–Kier alpha value is -2.93. The number of fused-ring (bicyclic) bond motifs is 1. The lowest BCUT2D eigenvalue weighted by molar-refractivity contribution is 0.0950. The van der Waals surface area contributed by atoms with Crippen molar-refractivity contribution in [2.45, 2.75) is 39.8 Å². The first-order valence-electron chi connectivity index (χ1n) is 9.50. The van der Waals surface area contributed by atoms with E-state index in [0.717, 1.165) is 19.5 Å². The van der Waals surface area contributed by atoms with Gasteiger partial charge in [-0.15, -0.1) is 0 Å². The highest BCUT2D eigenvalue weighted by molar-refractivity contribution is 6.06. The SMILES string of the molecule is Cc1oc2nc[nH]c(=O)c2c1C(=O)NCCCN(Cc1ccccc1)C(C)C. The summed E-state index contributed by atoms with van der Waals surface area (Å²) in [5.74, 6) is 0.0819. The summed E-state index contributed by atoms with van der Waals surface area (Å²) in [5.41, 5.74) is 1.34. The van der Waals surface area contributed by atoms with Crippen LogP contribution in [0.4, 0.5) is 0 Å². The summed E-state index contributed by atoms with van der Waals surface area (Å²) in [6, 6.07) is 10.7. The van der Waals surface area contributed by atoms with Crippen LogP contribution in [-0.4, -0.2) is 39.9 Å². The lowest BCUT2D eigenvalue weighted by Crippen LogP contribution is -2.34. The first-order chi connectivity index (χ1) is 13.5. The van der Waals surface area contributed by atoms with Crippen molar-refractivity contribution in [2.75, 3.05) is 13.1 Å². The van der Waals surface area contributed by atoms with E-state index < -0.39 is 0 Å². The first-order valence-corrected chi connectivity index (χ1v) is 9.50. The molecule has 0 saturated carbocycles. The van der Waals surface area contributed by atoms with Crippen molar-refractivity contribution in [1.82, 2.24) is 20.2 Å². The fourth-order valence-electron chi connectivity index (χ4n) is 3.24. The predicted molar refractivity (Wildman–Crippen MR) is 108 cm³/mol. The second-order valence-electron chi connectivity index (χ2n) is 7.10. The topological polar surface area (TPSA) is 91.2 Å². The van der Waals surface area contributed by atoms with Crippen LogP contribution in [0.25, 0.3) is 11.1 Å². The molecule has 1 aromatic carbocycles. The second-order valence-corrected chi connectivity index (χ2v) is 7.10. The summed E-state index contributed by atoms with van der Waals surface area (Å²) < 4.78 is 5.44. The molecule has 7 nitrogen and oxygen atoms in total. The third-order valence-corrected chi connectivity index (χ3v) is 4.76. The van der Waals surface area contributed by atoms with E-state index in [1.54, 1.807) is 6.92 Å². The quantitative estimate of drug-likeness (QED) is 0.585. The minimum Gasteiger partial charge on any atom is -0.442 e. The standard InChI is InChI=1S/C21H26N4O3/c1-14(2)25(12-16-8-5-4-6-9-16)11-7-10-22-19(26)17-15(3)28-21-18(17)20(27)23-13-24-21/h4-6,8-9,13-14H,7,10-12H2,1-3H3,(H,22,26)(H,23,24,27). The smallest absolute Gasteiger partial charge is 0.262 e. The molecule has 0 fully saturated rings. The number of nitrogens with one attached hydrogen (secondary N) is 2. The summed E-state index contributed by atoms with van der Waals surface area (Å²) in [5, 5.41) is 3.10. The number of nitrogens with zero attached hydrogens (tertiary/aromatic N) is 2. The number of aromatic amines is 1. The maximum Gasteiger partial charge on any atom is 0.262 e. The van der Waals surface area contributed by atoms with Gasteiger partial charge in [-0.2, -0.15) is 0 Å². The van der Waals surface area contributed by atoms with E-state index in [0.29, 0.717) is 18.3 Å². The Morgan fingerprint density at radius 3 is 2.75 bits per heavy atom. The molecule has 0 spiro atoms. The molecule has 0 saturated heterocycles. The molecule has 0 aliphatic rings. The number of carbonyl (C=O) groups is 1. The predicted octanol–water partition coefficient (Wildman–Crippen LogP) is 2.86. The average molecular weight is 382 g/mol. The summed E-state index contributed by atoms with van der Waals surface area (Å²) in [6.45, 7) is 8.25. The van der Waals surface area contributed by atoms with Crippen LogP contribution in [-0.2, 0) is 6.54 Å². The lowest BCUT2D eigenvalue weighted by Gasteiger charge is -2.26. The van der Waals surface area contributed by atoms with E-state index in [1.807, 2.05) is 18.2 Å². The average Bonchev–Trinajstić information content (AvgIpc) is 3.02. The van der Waals surface area contributed by atoms with E-state index in [4.69, 9.17) is 4.42 Å². The molecule has 0 bridgehead atoms. The first kappa shape index (κ1) is 19.8. The van der Waals surface area contributed by atoms with Gasteiger partial charge in [0.05, 0.1) is 11.9 Å². The number of rotatable bonds is 8. The number of hydrogen-bond donors (Lipinski definition) is 2. The highest BCUT2D eigenvalue weighted by Crippen LogP contribution is 2.20. The van der Waals surface area contributed by atoms with Crippen LogP contribution < -0.4 is 10.9 Å². The van der Waals surface area contributed by atoms with Crippen molar-refractivity contribution in [1.29, 1.82) is 0 Å². The molecule has 0 aliphatic carbocycles. The molecule has 0 unspecified atom stereocenters. The minimum absolute atomic E-state index is 0.181. The van der Waals surface area contributed by atoms with Gasteiger partial charge in [-0.3, -0.25) is 14.5 Å². The van der Waals surface area contributed by atoms with Gasteiger partial charge >= 0.3 is 0 Å². The zero-order valence-electron chi connectivity index (χ0n) is 16.5. The molecule has 3 rings (SSSR count). The maximum absolute atomic E-state index is 12.6. The monoisotopic (exact) mass is 382 g/mol. The summed E-state index contributed by atoms with van der Waals surface area (Å²) >= 11 is 0. The Bertz CT molecular complexity index is 992. The molecular weight excluding hydrogens is 356 g/mol. The molecule has 2 N–H and O–H groups in total. The van der Waals surface area contributed by atoms with Crippen LogP contribution in [0, 0.1) is 6.92 Å². The third kappa shape index (κ3) is 4.48. The molecule has 2 aromatic heterocycles. The Kier molecular flexibility index (Phi) is 6.26. The lowest BCUT2D eigenvalue weighted by atomic mass is 10.1. The largest absolute Gasteiger partial charge is 0.442 e. The van der Waals surface area contributed by atoms with Gasteiger partial charge in [0.2, 0.25) is 5.71 Å². The maximum atomic E-state index is 12.6. The number of H-pyrrole nitrogens is 1.